The van der Waals surface area contributed by atoms with Gasteiger partial charge in [-0.15, -0.1) is 0 Å². The molecule has 1 aliphatic rings. The van der Waals surface area contributed by atoms with Crippen molar-refractivity contribution in [3.63, 3.8) is 0 Å². The Morgan fingerprint density at radius 1 is 1.31 bits per heavy atom. The Bertz CT molecular complexity index is 1100. The average Bonchev–Trinajstić information content (AvgIpc) is 3.08. The van der Waals surface area contributed by atoms with Crippen LogP contribution in [0, 0.1) is 5.82 Å². The third-order valence-electron chi connectivity index (χ3n) is 5.10. The standard InChI is InChI=1S/C21H18BrFN2O4/c22-12-1-4-19-16(8-12)15(5-6-29-19)20(26)25-18(21(27)28)7-11-10-24-17-9-13(23)2-3-14(11)17/h1-4,8-10,15,18,24H,5-7H2,(H,25,26)(H,27,28). The van der Waals surface area contributed by atoms with E-state index in [1.165, 1.54) is 12.1 Å². The van der Waals surface area contributed by atoms with E-state index in [0.29, 0.717) is 29.9 Å². The number of aromatic nitrogens is 1. The van der Waals surface area contributed by atoms with E-state index in [4.69, 9.17) is 4.74 Å². The van der Waals surface area contributed by atoms with Crippen LogP contribution in [0.15, 0.2) is 47.1 Å². The highest BCUT2D eigenvalue weighted by Crippen LogP contribution is 2.35. The van der Waals surface area contributed by atoms with Gasteiger partial charge in [0.25, 0.3) is 0 Å². The second-order valence-corrected chi connectivity index (χ2v) is 7.89. The minimum atomic E-state index is -1.13. The molecule has 29 heavy (non-hydrogen) atoms. The number of carbonyl (C=O) groups is 2. The maximum absolute atomic E-state index is 13.4. The molecule has 1 aliphatic heterocycles. The van der Waals surface area contributed by atoms with Crippen molar-refractivity contribution in [2.24, 2.45) is 0 Å². The number of carbonyl (C=O) groups excluding carboxylic acids is 1. The molecule has 0 radical (unpaired) electrons. The number of rotatable bonds is 5. The van der Waals surface area contributed by atoms with Crippen LogP contribution in [0.25, 0.3) is 10.9 Å². The number of carboxylic acids is 1. The molecule has 3 aromatic rings. The molecule has 2 heterocycles. The molecule has 0 bridgehead atoms. The highest BCUT2D eigenvalue weighted by Gasteiger charge is 2.31. The van der Waals surface area contributed by atoms with Crippen molar-refractivity contribution in [1.82, 2.24) is 10.3 Å². The number of ether oxygens (including phenoxy) is 1. The van der Waals surface area contributed by atoms with E-state index in [2.05, 4.69) is 26.2 Å². The molecule has 2 atom stereocenters. The molecular formula is C21H18BrFN2O4. The molecule has 0 saturated carbocycles. The van der Waals surface area contributed by atoms with Crippen LogP contribution in [0.2, 0.25) is 0 Å². The Labute approximate surface area is 174 Å². The second-order valence-electron chi connectivity index (χ2n) is 6.98. The summed E-state index contributed by atoms with van der Waals surface area (Å²) in [6, 6.07) is 8.61. The number of hydrogen-bond donors (Lipinski definition) is 3. The Balaban J connectivity index is 1.55. The fraction of sp³-hybridized carbons (Fsp3) is 0.238. The van der Waals surface area contributed by atoms with Gasteiger partial charge in [0.2, 0.25) is 5.91 Å². The summed E-state index contributed by atoms with van der Waals surface area (Å²) in [5, 5.41) is 13.1. The minimum absolute atomic E-state index is 0.0846. The van der Waals surface area contributed by atoms with Crippen molar-refractivity contribution >= 4 is 38.7 Å². The topological polar surface area (TPSA) is 91.4 Å². The second kappa shape index (κ2) is 7.87. The van der Waals surface area contributed by atoms with Crippen molar-refractivity contribution in [3.05, 3.63) is 64.0 Å². The first-order valence-corrected chi connectivity index (χ1v) is 9.92. The van der Waals surface area contributed by atoms with E-state index >= 15 is 0 Å². The van der Waals surface area contributed by atoms with Gasteiger partial charge in [-0.2, -0.15) is 0 Å². The highest BCUT2D eigenvalue weighted by molar-refractivity contribution is 9.10. The molecule has 3 N–H and O–H groups in total. The predicted octanol–water partition coefficient (Wildman–Crippen LogP) is 3.75. The maximum Gasteiger partial charge on any atom is 0.326 e. The van der Waals surface area contributed by atoms with Crippen molar-refractivity contribution < 1.29 is 23.8 Å². The summed E-state index contributed by atoms with van der Waals surface area (Å²) >= 11 is 3.40. The Kier molecular flexibility index (Phi) is 5.27. The van der Waals surface area contributed by atoms with Crippen LogP contribution in [0.1, 0.15) is 23.5 Å². The molecule has 0 saturated heterocycles. The zero-order valence-corrected chi connectivity index (χ0v) is 16.8. The Morgan fingerprint density at radius 3 is 2.93 bits per heavy atom. The SMILES string of the molecule is O=C(O)C(Cc1c[nH]c2cc(F)ccc12)NC(=O)C1CCOc2ccc(Br)cc21. The molecular weight excluding hydrogens is 443 g/mol. The zero-order chi connectivity index (χ0) is 20.5. The lowest BCUT2D eigenvalue weighted by atomic mass is 9.92. The third kappa shape index (κ3) is 3.98. The summed E-state index contributed by atoms with van der Waals surface area (Å²) in [5.74, 6) is -1.72. The molecule has 1 amide bonds. The average molecular weight is 461 g/mol. The van der Waals surface area contributed by atoms with Crippen molar-refractivity contribution in [1.29, 1.82) is 0 Å². The van der Waals surface area contributed by atoms with Gasteiger partial charge in [0.05, 0.1) is 12.5 Å². The highest BCUT2D eigenvalue weighted by atomic mass is 79.9. The van der Waals surface area contributed by atoms with Gasteiger partial charge in [-0.1, -0.05) is 15.9 Å². The molecule has 150 valence electrons. The largest absolute Gasteiger partial charge is 0.493 e. The molecule has 0 aliphatic carbocycles. The van der Waals surface area contributed by atoms with Crippen molar-refractivity contribution in [2.45, 2.75) is 24.8 Å². The molecule has 8 heteroatoms. The summed E-state index contributed by atoms with van der Waals surface area (Å²) in [6.45, 7) is 0.387. The molecule has 6 nitrogen and oxygen atoms in total. The van der Waals surface area contributed by atoms with E-state index < -0.39 is 17.9 Å². The van der Waals surface area contributed by atoms with Crippen LogP contribution < -0.4 is 10.1 Å². The van der Waals surface area contributed by atoms with Crippen LogP contribution >= 0.6 is 15.9 Å². The normalized spacial score (nSPS) is 16.7. The summed E-state index contributed by atoms with van der Waals surface area (Å²) in [6.07, 6.45) is 2.20. The van der Waals surface area contributed by atoms with Crippen LogP contribution in [0.5, 0.6) is 5.75 Å². The first-order chi connectivity index (χ1) is 13.9. The van der Waals surface area contributed by atoms with Crippen LogP contribution in [-0.2, 0) is 16.0 Å². The van der Waals surface area contributed by atoms with Crippen LogP contribution in [0.4, 0.5) is 4.39 Å². The molecule has 2 unspecified atom stereocenters. The maximum atomic E-state index is 13.4. The number of aromatic amines is 1. The van der Waals surface area contributed by atoms with E-state index in [9.17, 15) is 19.1 Å². The smallest absolute Gasteiger partial charge is 0.326 e. The molecule has 2 aromatic carbocycles. The van der Waals surface area contributed by atoms with Crippen molar-refractivity contribution in [2.75, 3.05) is 6.61 Å². The van der Waals surface area contributed by atoms with E-state index in [1.54, 1.807) is 18.3 Å². The van der Waals surface area contributed by atoms with E-state index in [-0.39, 0.29) is 18.1 Å². The molecule has 4 rings (SSSR count). The molecule has 0 spiro atoms. The lowest BCUT2D eigenvalue weighted by Gasteiger charge is -2.26. The van der Waals surface area contributed by atoms with Gasteiger partial charge in [-0.05, 0) is 48.4 Å². The number of fused-ring (bicyclic) bond motifs is 2. The number of H-pyrrole nitrogens is 1. The van der Waals surface area contributed by atoms with E-state index in [1.807, 2.05) is 12.1 Å². The third-order valence-corrected chi connectivity index (χ3v) is 5.59. The van der Waals surface area contributed by atoms with Crippen LogP contribution in [-0.4, -0.2) is 34.6 Å². The van der Waals surface area contributed by atoms with Gasteiger partial charge in [0.15, 0.2) is 0 Å². The first kappa shape index (κ1) is 19.4. The predicted molar refractivity (Wildman–Crippen MR) is 109 cm³/mol. The van der Waals surface area contributed by atoms with E-state index in [0.717, 1.165) is 15.4 Å². The Hall–Kier alpha value is -2.87. The lowest BCUT2D eigenvalue weighted by Crippen LogP contribution is -2.45. The number of benzene rings is 2. The molecule has 1 aromatic heterocycles. The van der Waals surface area contributed by atoms with Gasteiger partial charge < -0.3 is 20.1 Å². The number of carboxylic acid groups (broad SMARTS) is 1. The van der Waals surface area contributed by atoms with Gasteiger partial charge in [0.1, 0.15) is 17.6 Å². The summed E-state index contributed by atoms with van der Waals surface area (Å²) in [4.78, 5) is 27.7. The van der Waals surface area contributed by atoms with Gasteiger partial charge in [-0.3, -0.25) is 4.79 Å². The number of amides is 1. The fourth-order valence-corrected chi connectivity index (χ4v) is 4.04. The number of nitrogens with one attached hydrogen (secondary N) is 2. The number of aliphatic carboxylic acids is 1. The summed E-state index contributed by atoms with van der Waals surface area (Å²) in [7, 11) is 0. The Morgan fingerprint density at radius 2 is 2.14 bits per heavy atom. The summed E-state index contributed by atoms with van der Waals surface area (Å²) < 4.78 is 19.8. The lowest BCUT2D eigenvalue weighted by molar-refractivity contribution is -0.142. The van der Waals surface area contributed by atoms with Gasteiger partial charge in [-0.25, -0.2) is 9.18 Å². The van der Waals surface area contributed by atoms with Crippen molar-refractivity contribution in [3.8, 4) is 5.75 Å². The van der Waals surface area contributed by atoms with Crippen LogP contribution in [0.3, 0.4) is 0 Å². The van der Waals surface area contributed by atoms with Gasteiger partial charge in [0, 0.05) is 33.6 Å². The number of halogens is 2. The minimum Gasteiger partial charge on any atom is -0.493 e. The quantitative estimate of drug-likeness (QED) is 0.540. The zero-order valence-electron chi connectivity index (χ0n) is 15.2. The number of hydrogen-bond acceptors (Lipinski definition) is 3. The first-order valence-electron chi connectivity index (χ1n) is 9.13. The monoisotopic (exact) mass is 460 g/mol. The van der Waals surface area contributed by atoms with Gasteiger partial charge >= 0.3 is 5.97 Å². The summed E-state index contributed by atoms with van der Waals surface area (Å²) in [5.41, 5.74) is 2.01. The fourth-order valence-electron chi connectivity index (χ4n) is 3.66. The molecule has 0 fully saturated rings.